The maximum Gasteiger partial charge on any atom is 0.151 e. The van der Waals surface area contributed by atoms with Gasteiger partial charge in [-0.3, -0.25) is 4.99 Å². The van der Waals surface area contributed by atoms with Crippen LogP contribution in [-0.2, 0) is 9.84 Å². The minimum atomic E-state index is -2.90. The average Bonchev–Trinajstić information content (AvgIpc) is 2.70. The fraction of sp³-hybridized carbons (Fsp3) is 0.900. The molecule has 0 spiro atoms. The first-order valence-electron chi connectivity index (χ1n) is 5.55. The van der Waals surface area contributed by atoms with Crippen LogP contribution in [0.3, 0.4) is 0 Å². The minimum absolute atomic E-state index is 0.122. The summed E-state index contributed by atoms with van der Waals surface area (Å²) in [7, 11) is -2.90. The number of rotatable bonds is 5. The van der Waals surface area contributed by atoms with Crippen molar-refractivity contribution in [2.45, 2.75) is 32.6 Å². The van der Waals surface area contributed by atoms with E-state index in [0.717, 1.165) is 12.8 Å². The highest BCUT2D eigenvalue weighted by atomic mass is 32.2. The van der Waals surface area contributed by atoms with Crippen LogP contribution in [0, 0.1) is 5.92 Å². The van der Waals surface area contributed by atoms with E-state index in [-0.39, 0.29) is 11.5 Å². The third-order valence-electron chi connectivity index (χ3n) is 2.91. The molecule has 0 saturated heterocycles. The van der Waals surface area contributed by atoms with E-state index in [1.54, 1.807) is 6.92 Å². The number of hydrogen-bond donors (Lipinski definition) is 1. The monoisotopic (exact) mass is 232 g/mol. The Labute approximate surface area is 91.9 Å². The second kappa shape index (κ2) is 5.49. The van der Waals surface area contributed by atoms with Crippen LogP contribution < -0.4 is 5.73 Å². The zero-order chi connectivity index (χ0) is 11.3. The summed E-state index contributed by atoms with van der Waals surface area (Å²) >= 11 is 0. The van der Waals surface area contributed by atoms with Gasteiger partial charge in [0, 0.05) is 11.7 Å². The SMILES string of the molecule is CCS(=O)(=O)CCN=C(N)C1CCCC1. The third kappa shape index (κ3) is 4.20. The lowest BCUT2D eigenvalue weighted by atomic mass is 10.1. The van der Waals surface area contributed by atoms with Gasteiger partial charge in [-0.2, -0.15) is 0 Å². The number of nitrogens with zero attached hydrogens (tertiary/aromatic N) is 1. The molecule has 0 aromatic carbocycles. The number of amidine groups is 1. The highest BCUT2D eigenvalue weighted by molar-refractivity contribution is 7.91. The molecule has 0 bridgehead atoms. The standard InChI is InChI=1S/C10H20N2O2S/c1-2-15(13,14)8-7-12-10(11)9-5-3-4-6-9/h9H,2-8H2,1H3,(H2,11,12). The summed E-state index contributed by atoms with van der Waals surface area (Å²) in [5.41, 5.74) is 5.80. The van der Waals surface area contributed by atoms with Gasteiger partial charge in [0.25, 0.3) is 0 Å². The highest BCUT2D eigenvalue weighted by Gasteiger charge is 2.18. The molecule has 15 heavy (non-hydrogen) atoms. The average molecular weight is 232 g/mol. The number of nitrogens with two attached hydrogens (primary N) is 1. The fourth-order valence-corrected chi connectivity index (χ4v) is 2.47. The number of sulfone groups is 1. The summed E-state index contributed by atoms with van der Waals surface area (Å²) in [6.45, 7) is 1.97. The van der Waals surface area contributed by atoms with E-state index >= 15 is 0 Å². The van der Waals surface area contributed by atoms with Crippen molar-refractivity contribution in [1.82, 2.24) is 0 Å². The maximum absolute atomic E-state index is 11.2. The van der Waals surface area contributed by atoms with Crippen LogP contribution in [0.15, 0.2) is 4.99 Å². The second-order valence-electron chi connectivity index (χ2n) is 4.02. The molecule has 1 fully saturated rings. The van der Waals surface area contributed by atoms with Crippen LogP contribution in [0.25, 0.3) is 0 Å². The van der Waals surface area contributed by atoms with Gasteiger partial charge in [-0.15, -0.1) is 0 Å². The molecular weight excluding hydrogens is 212 g/mol. The lowest BCUT2D eigenvalue weighted by molar-refractivity contribution is 0.597. The van der Waals surface area contributed by atoms with Crippen LogP contribution in [0.5, 0.6) is 0 Å². The Morgan fingerprint density at radius 3 is 2.53 bits per heavy atom. The van der Waals surface area contributed by atoms with Gasteiger partial charge in [-0.25, -0.2) is 8.42 Å². The first kappa shape index (κ1) is 12.5. The van der Waals surface area contributed by atoms with E-state index in [2.05, 4.69) is 4.99 Å². The van der Waals surface area contributed by atoms with Crippen molar-refractivity contribution >= 4 is 15.7 Å². The Balaban J connectivity index is 2.37. The van der Waals surface area contributed by atoms with E-state index in [0.29, 0.717) is 18.3 Å². The lowest BCUT2D eigenvalue weighted by Crippen LogP contribution is -2.23. The molecule has 0 atom stereocenters. The fourth-order valence-electron chi connectivity index (χ4n) is 1.81. The minimum Gasteiger partial charge on any atom is -0.387 e. The van der Waals surface area contributed by atoms with Gasteiger partial charge in [0.05, 0.1) is 18.1 Å². The van der Waals surface area contributed by atoms with Crippen molar-refractivity contribution in [3.8, 4) is 0 Å². The molecule has 1 aliphatic rings. The van der Waals surface area contributed by atoms with Gasteiger partial charge in [0.1, 0.15) is 0 Å². The van der Waals surface area contributed by atoms with Crippen molar-refractivity contribution in [1.29, 1.82) is 0 Å². The van der Waals surface area contributed by atoms with Crippen LogP contribution in [0.1, 0.15) is 32.6 Å². The van der Waals surface area contributed by atoms with Crippen LogP contribution >= 0.6 is 0 Å². The van der Waals surface area contributed by atoms with Crippen molar-refractivity contribution in [2.24, 2.45) is 16.6 Å². The highest BCUT2D eigenvalue weighted by Crippen LogP contribution is 2.24. The Morgan fingerprint density at radius 2 is 2.00 bits per heavy atom. The number of hydrogen-bond acceptors (Lipinski definition) is 3. The van der Waals surface area contributed by atoms with Gasteiger partial charge in [-0.1, -0.05) is 19.8 Å². The molecule has 5 heteroatoms. The van der Waals surface area contributed by atoms with E-state index in [1.165, 1.54) is 12.8 Å². The van der Waals surface area contributed by atoms with E-state index in [9.17, 15) is 8.42 Å². The smallest absolute Gasteiger partial charge is 0.151 e. The van der Waals surface area contributed by atoms with Gasteiger partial charge in [0.2, 0.25) is 0 Å². The Morgan fingerprint density at radius 1 is 1.40 bits per heavy atom. The molecule has 1 saturated carbocycles. The van der Waals surface area contributed by atoms with Gasteiger partial charge in [0.15, 0.2) is 9.84 Å². The second-order valence-corrected chi connectivity index (χ2v) is 6.50. The third-order valence-corrected chi connectivity index (χ3v) is 4.59. The van der Waals surface area contributed by atoms with Crippen molar-refractivity contribution in [3.63, 3.8) is 0 Å². The molecule has 0 unspecified atom stereocenters. The number of aliphatic imine (C=N–C) groups is 1. The van der Waals surface area contributed by atoms with Crippen molar-refractivity contribution < 1.29 is 8.42 Å². The summed E-state index contributed by atoms with van der Waals surface area (Å²) < 4.78 is 22.4. The first-order chi connectivity index (χ1) is 7.05. The molecule has 0 aromatic heterocycles. The van der Waals surface area contributed by atoms with Crippen LogP contribution in [0.2, 0.25) is 0 Å². The molecule has 0 aliphatic heterocycles. The van der Waals surface area contributed by atoms with Gasteiger partial charge < -0.3 is 5.73 Å². The molecule has 0 aromatic rings. The first-order valence-corrected chi connectivity index (χ1v) is 7.37. The molecule has 4 nitrogen and oxygen atoms in total. The lowest BCUT2D eigenvalue weighted by Gasteiger charge is -2.07. The molecule has 0 amide bonds. The normalized spacial score (nSPS) is 19.7. The summed E-state index contributed by atoms with van der Waals surface area (Å²) in [5, 5.41) is 0. The molecule has 0 radical (unpaired) electrons. The van der Waals surface area contributed by atoms with Gasteiger partial charge >= 0.3 is 0 Å². The van der Waals surface area contributed by atoms with Crippen LogP contribution in [0.4, 0.5) is 0 Å². The predicted octanol–water partition coefficient (Wildman–Crippen LogP) is 0.968. The zero-order valence-corrected chi connectivity index (χ0v) is 10.1. The zero-order valence-electron chi connectivity index (χ0n) is 9.28. The maximum atomic E-state index is 11.2. The van der Waals surface area contributed by atoms with Gasteiger partial charge in [-0.05, 0) is 12.8 Å². The quantitative estimate of drug-likeness (QED) is 0.567. The van der Waals surface area contributed by atoms with Crippen LogP contribution in [-0.4, -0.2) is 32.3 Å². The predicted molar refractivity (Wildman–Crippen MR) is 62.8 cm³/mol. The molecule has 2 N–H and O–H groups in total. The molecular formula is C10H20N2O2S. The Kier molecular flexibility index (Phi) is 4.57. The molecule has 1 rings (SSSR count). The van der Waals surface area contributed by atoms with Crippen molar-refractivity contribution in [3.05, 3.63) is 0 Å². The van der Waals surface area contributed by atoms with E-state index < -0.39 is 9.84 Å². The summed E-state index contributed by atoms with van der Waals surface area (Å²) in [6, 6.07) is 0. The van der Waals surface area contributed by atoms with Crippen molar-refractivity contribution in [2.75, 3.05) is 18.1 Å². The molecule has 88 valence electrons. The summed E-state index contributed by atoms with van der Waals surface area (Å²) in [5.74, 6) is 1.36. The topological polar surface area (TPSA) is 72.5 Å². The molecule has 0 heterocycles. The summed E-state index contributed by atoms with van der Waals surface area (Å²) in [4.78, 5) is 4.15. The van der Waals surface area contributed by atoms with E-state index in [1.807, 2.05) is 0 Å². The van der Waals surface area contributed by atoms with E-state index in [4.69, 9.17) is 5.73 Å². The molecule has 1 aliphatic carbocycles. The Bertz CT molecular complexity index is 316. The largest absolute Gasteiger partial charge is 0.387 e. The Hall–Kier alpha value is -0.580. The summed E-state index contributed by atoms with van der Waals surface area (Å²) in [6.07, 6.45) is 4.65.